The number of allylic oxidation sites excluding steroid dienone is 6. The Kier molecular flexibility index (Phi) is 8.93. The summed E-state index contributed by atoms with van der Waals surface area (Å²) in [5.74, 6) is 1.86. The fourth-order valence-corrected chi connectivity index (χ4v) is 8.08. The van der Waals surface area contributed by atoms with Gasteiger partial charge in [0, 0.05) is 21.8 Å². The van der Waals surface area contributed by atoms with E-state index in [0.717, 1.165) is 63.4 Å². The van der Waals surface area contributed by atoms with Gasteiger partial charge in [-0.25, -0.2) is 0 Å². The van der Waals surface area contributed by atoms with Gasteiger partial charge >= 0.3 is 0 Å². The van der Waals surface area contributed by atoms with Gasteiger partial charge in [-0.15, -0.1) is 0 Å². The zero-order chi connectivity index (χ0) is 27.8. The van der Waals surface area contributed by atoms with Crippen molar-refractivity contribution in [2.45, 2.75) is 133 Å². The molecule has 0 aliphatic heterocycles. The van der Waals surface area contributed by atoms with E-state index in [4.69, 9.17) is 0 Å². The topological polar surface area (TPSA) is 34.1 Å². The predicted octanol–water partition coefficient (Wildman–Crippen LogP) is 9.84. The first-order valence-corrected chi connectivity index (χ1v) is 15.5. The van der Waals surface area contributed by atoms with Crippen LogP contribution in [0.2, 0.25) is 0 Å². The average Bonchev–Trinajstić information content (AvgIpc) is 3.02. The molecule has 0 N–H and O–H groups in total. The predicted molar refractivity (Wildman–Crippen MR) is 157 cm³/mol. The van der Waals surface area contributed by atoms with Crippen molar-refractivity contribution in [3.63, 3.8) is 0 Å². The summed E-state index contributed by atoms with van der Waals surface area (Å²) in [5.41, 5.74) is 2.80. The van der Waals surface area contributed by atoms with E-state index in [-0.39, 0.29) is 21.7 Å². The second-order valence-corrected chi connectivity index (χ2v) is 14.0. The monoisotopic (exact) mass is 508 g/mol. The van der Waals surface area contributed by atoms with Crippen molar-refractivity contribution in [2.24, 2.45) is 39.4 Å². The van der Waals surface area contributed by atoms with Gasteiger partial charge in [0.05, 0.1) is 0 Å². The Morgan fingerprint density at radius 1 is 0.973 bits per heavy atom. The zero-order valence-corrected chi connectivity index (χ0v) is 25.9. The maximum absolute atomic E-state index is 14.3. The van der Waals surface area contributed by atoms with Crippen LogP contribution >= 0.6 is 0 Å². The van der Waals surface area contributed by atoms with Crippen LogP contribution in [0.4, 0.5) is 0 Å². The fraction of sp³-hybridized carbons (Fsp3) is 0.771. The van der Waals surface area contributed by atoms with Crippen molar-refractivity contribution in [3.8, 4) is 0 Å². The van der Waals surface area contributed by atoms with E-state index in [2.05, 4.69) is 87.5 Å². The number of ketones is 2. The number of hydrogen-bond acceptors (Lipinski definition) is 2. The molecule has 0 aromatic carbocycles. The number of fused-ring (bicyclic) bond motifs is 3. The summed E-state index contributed by atoms with van der Waals surface area (Å²) >= 11 is 0. The minimum Gasteiger partial charge on any atom is -0.298 e. The van der Waals surface area contributed by atoms with Crippen molar-refractivity contribution in [1.29, 1.82) is 0 Å². The SMILES string of the molecule is CCC(C)(CC)C(=O)C1=CCC2C=C(/C=C\1C(C)C)CCC1C(C)(C(=O)C(C)(CC)CC)CCCC21C. The molecule has 1 fully saturated rings. The summed E-state index contributed by atoms with van der Waals surface area (Å²) in [4.78, 5) is 28.3. The first kappa shape index (κ1) is 30.1. The first-order valence-electron chi connectivity index (χ1n) is 15.5. The van der Waals surface area contributed by atoms with E-state index >= 15 is 0 Å². The molecule has 2 bridgehead atoms. The fourth-order valence-electron chi connectivity index (χ4n) is 8.08. The lowest BCUT2D eigenvalue weighted by Gasteiger charge is -2.55. The van der Waals surface area contributed by atoms with Gasteiger partial charge in [-0.05, 0) is 86.5 Å². The molecular formula is C35H56O2. The first-order chi connectivity index (χ1) is 17.3. The quantitative estimate of drug-likeness (QED) is 0.310. The number of rotatable bonds is 9. The molecule has 0 saturated heterocycles. The van der Waals surface area contributed by atoms with Gasteiger partial charge in [-0.1, -0.05) is 99.5 Å². The maximum atomic E-state index is 14.3. The minimum absolute atomic E-state index is 0.0689. The Bertz CT molecular complexity index is 967. The summed E-state index contributed by atoms with van der Waals surface area (Å²) < 4.78 is 0. The molecule has 208 valence electrons. The molecule has 37 heavy (non-hydrogen) atoms. The Labute approximate surface area is 228 Å². The maximum Gasteiger partial charge on any atom is 0.168 e. The highest BCUT2D eigenvalue weighted by molar-refractivity contribution is 6.03. The highest BCUT2D eigenvalue weighted by atomic mass is 16.1. The Morgan fingerprint density at radius 2 is 1.57 bits per heavy atom. The molecule has 4 unspecified atom stereocenters. The zero-order valence-electron chi connectivity index (χ0n) is 25.9. The summed E-state index contributed by atoms with van der Waals surface area (Å²) in [7, 11) is 0. The summed E-state index contributed by atoms with van der Waals surface area (Å²) in [5, 5.41) is 0. The van der Waals surface area contributed by atoms with Crippen LogP contribution in [0.3, 0.4) is 0 Å². The van der Waals surface area contributed by atoms with Crippen molar-refractivity contribution in [3.05, 3.63) is 34.9 Å². The van der Waals surface area contributed by atoms with Gasteiger partial charge in [0.25, 0.3) is 0 Å². The van der Waals surface area contributed by atoms with E-state index in [1.807, 2.05) is 0 Å². The Hall–Kier alpha value is -1.44. The Morgan fingerprint density at radius 3 is 2.11 bits per heavy atom. The summed E-state index contributed by atoms with van der Waals surface area (Å²) in [6, 6.07) is 0. The van der Waals surface area contributed by atoms with Crippen LogP contribution in [-0.4, -0.2) is 11.6 Å². The van der Waals surface area contributed by atoms with Crippen LogP contribution in [0, 0.1) is 39.4 Å². The smallest absolute Gasteiger partial charge is 0.168 e. The van der Waals surface area contributed by atoms with E-state index in [1.54, 1.807) is 0 Å². The molecule has 3 rings (SSSR count). The molecule has 0 aromatic rings. The van der Waals surface area contributed by atoms with Gasteiger partial charge < -0.3 is 0 Å². The molecule has 1 saturated carbocycles. The van der Waals surface area contributed by atoms with E-state index in [1.165, 1.54) is 17.6 Å². The number of hydrogen-bond donors (Lipinski definition) is 0. The second kappa shape index (κ2) is 11.0. The number of carbonyl (C=O) groups is 2. The lowest BCUT2D eigenvalue weighted by molar-refractivity contribution is -0.151. The number of carbonyl (C=O) groups excluding carboxylic acids is 2. The molecule has 3 aliphatic rings. The van der Waals surface area contributed by atoms with Crippen molar-refractivity contribution < 1.29 is 9.59 Å². The summed E-state index contributed by atoms with van der Waals surface area (Å²) in [6.45, 7) is 22.3. The third-order valence-corrected chi connectivity index (χ3v) is 11.8. The van der Waals surface area contributed by atoms with Gasteiger partial charge in [0.15, 0.2) is 5.78 Å². The van der Waals surface area contributed by atoms with Crippen molar-refractivity contribution in [2.75, 3.05) is 0 Å². The standard InChI is InChI=1S/C35H56O2/c1-11-32(7,12-2)30(36)27-18-17-26-22-25(23-28(27)24(5)6)16-19-29-34(26,9)20-15-21-35(29,10)31(37)33(8,13-3)14-4/h18,22-24,26,29H,11-17,19-21H2,1-10H3/b27-18?,28-23-. The van der Waals surface area contributed by atoms with Gasteiger partial charge in [0.1, 0.15) is 5.78 Å². The highest BCUT2D eigenvalue weighted by Crippen LogP contribution is 2.61. The molecular weight excluding hydrogens is 452 g/mol. The van der Waals surface area contributed by atoms with Gasteiger partial charge in [-0.3, -0.25) is 9.59 Å². The molecule has 0 heterocycles. The molecule has 0 spiro atoms. The number of Topliss-reactive ketones (excluding diaryl/α,β-unsaturated/α-hetero) is 2. The van der Waals surface area contributed by atoms with E-state index in [0.29, 0.717) is 29.3 Å². The second-order valence-electron chi connectivity index (χ2n) is 14.0. The minimum atomic E-state index is -0.314. The van der Waals surface area contributed by atoms with E-state index in [9.17, 15) is 9.59 Å². The molecule has 3 aliphatic carbocycles. The largest absolute Gasteiger partial charge is 0.298 e. The van der Waals surface area contributed by atoms with Crippen molar-refractivity contribution in [1.82, 2.24) is 0 Å². The average molecular weight is 509 g/mol. The lowest BCUT2D eigenvalue weighted by Crippen LogP contribution is -2.53. The molecule has 0 radical (unpaired) electrons. The normalized spacial score (nSPS) is 32.2. The highest BCUT2D eigenvalue weighted by Gasteiger charge is 2.57. The Balaban J connectivity index is 2.12. The van der Waals surface area contributed by atoms with Crippen LogP contribution in [0.5, 0.6) is 0 Å². The van der Waals surface area contributed by atoms with Gasteiger partial charge in [0.2, 0.25) is 0 Å². The van der Waals surface area contributed by atoms with E-state index < -0.39 is 0 Å². The molecule has 0 aromatic heterocycles. The van der Waals surface area contributed by atoms with Crippen LogP contribution in [0.25, 0.3) is 0 Å². The van der Waals surface area contributed by atoms with Crippen LogP contribution in [-0.2, 0) is 9.59 Å². The molecule has 2 heteroatoms. The lowest BCUT2D eigenvalue weighted by atomic mass is 9.47. The van der Waals surface area contributed by atoms with Crippen LogP contribution in [0.15, 0.2) is 34.9 Å². The molecule has 0 amide bonds. The summed E-state index contributed by atoms with van der Waals surface area (Å²) in [6.07, 6.45) is 17.1. The molecule has 2 nitrogen and oxygen atoms in total. The third kappa shape index (κ3) is 5.12. The molecule has 4 atom stereocenters. The van der Waals surface area contributed by atoms with Gasteiger partial charge in [-0.2, -0.15) is 0 Å². The van der Waals surface area contributed by atoms with Crippen LogP contribution in [0.1, 0.15) is 133 Å². The van der Waals surface area contributed by atoms with Crippen molar-refractivity contribution >= 4 is 11.6 Å². The van der Waals surface area contributed by atoms with Crippen LogP contribution < -0.4 is 0 Å². The third-order valence-electron chi connectivity index (χ3n) is 11.8.